The van der Waals surface area contributed by atoms with E-state index < -0.39 is 23.7 Å². The minimum absolute atomic E-state index is 0.298. The number of alkyl carbamates (subject to hydrolysis) is 1. The number of benzene rings is 1. The van der Waals surface area contributed by atoms with Gasteiger partial charge in [0.05, 0.1) is 17.8 Å². The maximum Gasteiger partial charge on any atom is 0.408 e. The zero-order valence-electron chi connectivity index (χ0n) is 13.9. The zero-order chi connectivity index (χ0) is 17.6. The molecule has 1 aromatic rings. The number of nitrogens with one attached hydrogen (secondary N) is 1. The van der Waals surface area contributed by atoms with Crippen molar-refractivity contribution in [1.82, 2.24) is 5.32 Å². The largest absolute Gasteiger partial charge is 0.496 e. The second-order valence-electron chi connectivity index (χ2n) is 5.89. The van der Waals surface area contributed by atoms with Crippen LogP contribution in [0.1, 0.15) is 26.3 Å². The summed E-state index contributed by atoms with van der Waals surface area (Å²) in [7, 11) is 2.88. The van der Waals surface area contributed by atoms with Crippen LogP contribution in [0.15, 0.2) is 18.2 Å². The summed E-state index contributed by atoms with van der Waals surface area (Å²) >= 11 is 2.15. The zero-order valence-corrected chi connectivity index (χ0v) is 16.1. The van der Waals surface area contributed by atoms with Crippen LogP contribution < -0.4 is 10.1 Å². The van der Waals surface area contributed by atoms with Gasteiger partial charge in [0.2, 0.25) is 0 Å². The Labute approximate surface area is 150 Å². The number of ether oxygens (including phenoxy) is 3. The van der Waals surface area contributed by atoms with Crippen molar-refractivity contribution >= 4 is 34.7 Å². The van der Waals surface area contributed by atoms with Gasteiger partial charge in [0, 0.05) is 6.42 Å². The van der Waals surface area contributed by atoms with Crippen LogP contribution in [-0.4, -0.2) is 37.9 Å². The lowest BCUT2D eigenvalue weighted by atomic mass is 10.1. The summed E-state index contributed by atoms with van der Waals surface area (Å²) in [5.74, 6) is 0.228. The Kier molecular flexibility index (Phi) is 7.11. The summed E-state index contributed by atoms with van der Waals surface area (Å²) in [6.45, 7) is 5.27. The monoisotopic (exact) mass is 435 g/mol. The third kappa shape index (κ3) is 6.64. The first-order chi connectivity index (χ1) is 10.7. The van der Waals surface area contributed by atoms with E-state index in [2.05, 4.69) is 27.9 Å². The van der Waals surface area contributed by atoms with Crippen molar-refractivity contribution in [2.24, 2.45) is 0 Å². The molecule has 0 aliphatic carbocycles. The molecule has 0 saturated heterocycles. The number of carbonyl (C=O) groups is 2. The van der Waals surface area contributed by atoms with Crippen LogP contribution in [0.25, 0.3) is 0 Å². The third-order valence-electron chi connectivity index (χ3n) is 2.83. The van der Waals surface area contributed by atoms with E-state index in [4.69, 9.17) is 14.2 Å². The molecule has 128 valence electrons. The number of esters is 1. The van der Waals surface area contributed by atoms with Crippen molar-refractivity contribution in [3.05, 3.63) is 27.3 Å². The molecule has 1 aromatic carbocycles. The fraction of sp³-hybridized carbons (Fsp3) is 0.500. The highest BCUT2D eigenvalue weighted by Crippen LogP contribution is 2.22. The molecule has 23 heavy (non-hydrogen) atoms. The number of rotatable bonds is 5. The van der Waals surface area contributed by atoms with Gasteiger partial charge in [-0.15, -0.1) is 0 Å². The van der Waals surface area contributed by atoms with Crippen LogP contribution >= 0.6 is 22.6 Å². The van der Waals surface area contributed by atoms with Gasteiger partial charge in [-0.3, -0.25) is 0 Å². The van der Waals surface area contributed by atoms with Gasteiger partial charge >= 0.3 is 12.1 Å². The molecule has 0 spiro atoms. The van der Waals surface area contributed by atoms with Crippen molar-refractivity contribution in [1.29, 1.82) is 0 Å². The van der Waals surface area contributed by atoms with Gasteiger partial charge in [0.15, 0.2) is 0 Å². The first-order valence-corrected chi connectivity index (χ1v) is 8.14. The van der Waals surface area contributed by atoms with E-state index in [-0.39, 0.29) is 0 Å². The number of methoxy groups -OCH3 is 2. The summed E-state index contributed by atoms with van der Waals surface area (Å²) in [5.41, 5.74) is 0.238. The van der Waals surface area contributed by atoms with E-state index in [0.29, 0.717) is 6.42 Å². The number of hydrogen-bond donors (Lipinski definition) is 1. The lowest BCUT2D eigenvalue weighted by molar-refractivity contribution is -0.143. The van der Waals surface area contributed by atoms with Crippen LogP contribution in [0.3, 0.4) is 0 Å². The van der Waals surface area contributed by atoms with Gasteiger partial charge in [-0.05, 0) is 61.1 Å². The Bertz CT molecular complexity index is 568. The third-order valence-corrected chi connectivity index (χ3v) is 3.68. The van der Waals surface area contributed by atoms with Crippen molar-refractivity contribution in [2.45, 2.75) is 38.8 Å². The molecule has 7 heteroatoms. The molecule has 0 fully saturated rings. The fourth-order valence-electron chi connectivity index (χ4n) is 1.86. The summed E-state index contributed by atoms with van der Waals surface area (Å²) in [4.78, 5) is 23.8. The van der Waals surface area contributed by atoms with Crippen molar-refractivity contribution in [2.75, 3.05) is 14.2 Å². The molecule has 0 heterocycles. The number of hydrogen-bond acceptors (Lipinski definition) is 5. The maximum atomic E-state index is 11.9. The molecule has 0 bridgehead atoms. The summed E-state index contributed by atoms with van der Waals surface area (Å²) in [6.07, 6.45) is -0.359. The Morgan fingerprint density at radius 2 is 1.91 bits per heavy atom. The Hall–Kier alpha value is -1.51. The number of carbonyl (C=O) groups excluding carboxylic acids is 2. The first-order valence-electron chi connectivity index (χ1n) is 7.06. The standard InChI is InChI=1S/C16H22INO5/c1-16(2,3)23-15(20)18-12(14(19)22-5)9-10-6-7-13(21-4)11(17)8-10/h6-8,12H,9H2,1-5H3,(H,18,20)/t12-/m0/s1. The molecule has 0 aliphatic rings. The Balaban J connectivity index is 2.85. The highest BCUT2D eigenvalue weighted by molar-refractivity contribution is 14.1. The highest BCUT2D eigenvalue weighted by atomic mass is 127. The number of halogens is 1. The molecular weight excluding hydrogens is 413 g/mol. The molecule has 6 nitrogen and oxygen atoms in total. The molecule has 0 radical (unpaired) electrons. The number of amides is 1. The van der Waals surface area contributed by atoms with Crippen molar-refractivity contribution in [3.8, 4) is 5.75 Å². The first kappa shape index (κ1) is 19.5. The molecule has 0 aliphatic heterocycles. The van der Waals surface area contributed by atoms with Gasteiger partial charge in [-0.2, -0.15) is 0 Å². The van der Waals surface area contributed by atoms with E-state index >= 15 is 0 Å². The van der Waals surface area contributed by atoms with Crippen LogP contribution in [0.4, 0.5) is 4.79 Å². The van der Waals surface area contributed by atoms with Gasteiger partial charge in [0.1, 0.15) is 17.4 Å². The Morgan fingerprint density at radius 3 is 2.39 bits per heavy atom. The predicted octanol–water partition coefficient (Wildman–Crippen LogP) is 2.91. The molecule has 0 saturated carbocycles. The van der Waals surface area contributed by atoms with Gasteiger partial charge < -0.3 is 19.5 Å². The molecule has 1 amide bonds. The summed E-state index contributed by atoms with van der Waals surface area (Å²) < 4.78 is 16.1. The van der Waals surface area contributed by atoms with E-state index in [1.54, 1.807) is 27.9 Å². The average Bonchev–Trinajstić information content (AvgIpc) is 2.44. The SMILES string of the molecule is COC(=O)[C@H](Cc1ccc(OC)c(I)c1)NC(=O)OC(C)(C)C. The molecule has 1 atom stereocenters. The second-order valence-corrected chi connectivity index (χ2v) is 7.06. The average molecular weight is 435 g/mol. The van der Waals surface area contributed by atoms with E-state index in [0.717, 1.165) is 14.9 Å². The highest BCUT2D eigenvalue weighted by Gasteiger charge is 2.25. The molecular formula is C16H22INO5. The Morgan fingerprint density at radius 1 is 1.26 bits per heavy atom. The molecule has 1 rings (SSSR count). The smallest absolute Gasteiger partial charge is 0.408 e. The summed E-state index contributed by atoms with van der Waals surface area (Å²) in [5, 5.41) is 2.55. The minimum atomic E-state index is -0.820. The van der Waals surface area contributed by atoms with Gasteiger partial charge in [0.25, 0.3) is 0 Å². The lowest BCUT2D eigenvalue weighted by Crippen LogP contribution is -2.45. The predicted molar refractivity (Wildman–Crippen MR) is 94.6 cm³/mol. The topological polar surface area (TPSA) is 73.9 Å². The molecule has 0 aromatic heterocycles. The summed E-state index contributed by atoms with van der Waals surface area (Å²) in [6, 6.07) is 4.73. The quantitative estimate of drug-likeness (QED) is 0.569. The minimum Gasteiger partial charge on any atom is -0.496 e. The lowest BCUT2D eigenvalue weighted by Gasteiger charge is -2.22. The van der Waals surface area contributed by atoms with E-state index in [1.165, 1.54) is 7.11 Å². The van der Waals surface area contributed by atoms with Crippen LogP contribution in [0.2, 0.25) is 0 Å². The fourth-order valence-corrected chi connectivity index (χ4v) is 2.66. The normalized spacial score (nSPS) is 12.3. The van der Waals surface area contributed by atoms with Gasteiger partial charge in [-0.1, -0.05) is 6.07 Å². The van der Waals surface area contributed by atoms with Crippen LogP contribution in [0, 0.1) is 3.57 Å². The van der Waals surface area contributed by atoms with E-state index in [9.17, 15) is 9.59 Å². The van der Waals surface area contributed by atoms with Crippen LogP contribution in [0.5, 0.6) is 5.75 Å². The molecule has 0 unspecified atom stereocenters. The molecule has 1 N–H and O–H groups in total. The second kappa shape index (κ2) is 8.37. The maximum absolute atomic E-state index is 11.9. The van der Waals surface area contributed by atoms with Crippen LogP contribution in [-0.2, 0) is 20.7 Å². The van der Waals surface area contributed by atoms with E-state index in [1.807, 2.05) is 18.2 Å². The van der Waals surface area contributed by atoms with Crippen molar-refractivity contribution < 1.29 is 23.8 Å². The van der Waals surface area contributed by atoms with Gasteiger partial charge in [-0.25, -0.2) is 9.59 Å². The van der Waals surface area contributed by atoms with Crippen molar-refractivity contribution in [3.63, 3.8) is 0 Å².